The van der Waals surface area contributed by atoms with Crippen LogP contribution in [0.2, 0.25) is 0 Å². The van der Waals surface area contributed by atoms with E-state index in [1.54, 1.807) is 31.2 Å². The van der Waals surface area contributed by atoms with Crippen molar-refractivity contribution >= 4 is 11.7 Å². The van der Waals surface area contributed by atoms with E-state index >= 15 is 0 Å². The van der Waals surface area contributed by atoms with E-state index in [0.29, 0.717) is 11.4 Å². The van der Waals surface area contributed by atoms with E-state index in [-0.39, 0.29) is 11.5 Å². The predicted molar refractivity (Wildman–Crippen MR) is 78.5 cm³/mol. The molecule has 2 aromatic rings. The highest BCUT2D eigenvalue weighted by atomic mass is 16.5. The highest BCUT2D eigenvalue weighted by molar-refractivity contribution is 5.89. The van der Waals surface area contributed by atoms with Gasteiger partial charge in [-0.05, 0) is 55.5 Å². The Balaban J connectivity index is 1.84. The lowest BCUT2D eigenvalue weighted by molar-refractivity contribution is 0.183. The predicted octanol–water partition coefficient (Wildman–Crippen LogP) is 2.64. The molecule has 21 heavy (non-hydrogen) atoms. The van der Waals surface area contributed by atoms with E-state index in [1.807, 2.05) is 0 Å². The summed E-state index contributed by atoms with van der Waals surface area (Å²) in [6, 6.07) is 11.9. The van der Waals surface area contributed by atoms with Gasteiger partial charge in [0, 0.05) is 5.69 Å². The van der Waals surface area contributed by atoms with Gasteiger partial charge < -0.3 is 25.6 Å². The van der Waals surface area contributed by atoms with Crippen molar-refractivity contribution in [2.24, 2.45) is 0 Å². The minimum absolute atomic E-state index is 0.130. The van der Waals surface area contributed by atoms with E-state index in [1.165, 1.54) is 24.3 Å². The van der Waals surface area contributed by atoms with Gasteiger partial charge in [0.25, 0.3) is 0 Å². The van der Waals surface area contributed by atoms with Crippen LogP contribution >= 0.6 is 0 Å². The van der Waals surface area contributed by atoms with Crippen LogP contribution in [0.15, 0.2) is 48.5 Å². The van der Waals surface area contributed by atoms with Gasteiger partial charge in [-0.2, -0.15) is 0 Å². The zero-order chi connectivity index (χ0) is 15.2. The first-order chi connectivity index (χ1) is 10.0. The second-order valence-corrected chi connectivity index (χ2v) is 4.40. The molecule has 0 radical (unpaired) electrons. The molecule has 0 fully saturated rings. The average molecular weight is 288 g/mol. The fourth-order valence-corrected chi connectivity index (χ4v) is 1.65. The zero-order valence-corrected chi connectivity index (χ0v) is 11.4. The Morgan fingerprint density at radius 3 is 2.10 bits per heavy atom. The number of nitrogens with one attached hydrogen (secondary N) is 2. The summed E-state index contributed by atoms with van der Waals surface area (Å²) >= 11 is 0. The number of benzene rings is 2. The molecule has 0 aliphatic carbocycles. The number of ether oxygens (including phenoxy) is 1. The van der Waals surface area contributed by atoms with E-state index in [0.717, 1.165) is 0 Å². The van der Waals surface area contributed by atoms with Gasteiger partial charge in [-0.1, -0.05) is 0 Å². The summed E-state index contributed by atoms with van der Waals surface area (Å²) in [6.45, 7) is 1.68. The van der Waals surface area contributed by atoms with Crippen molar-refractivity contribution in [3.8, 4) is 17.2 Å². The third kappa shape index (κ3) is 4.61. The first-order valence-electron chi connectivity index (χ1n) is 6.35. The summed E-state index contributed by atoms with van der Waals surface area (Å²) in [6.07, 6.45) is -0.549. The SMILES string of the molecule is CC(NC(=O)Nc1ccc(O)cc1)Oc1ccc(O)cc1. The Morgan fingerprint density at radius 2 is 1.52 bits per heavy atom. The lowest BCUT2D eigenvalue weighted by Gasteiger charge is -2.16. The molecule has 110 valence electrons. The Labute approximate surface area is 122 Å². The monoisotopic (exact) mass is 288 g/mol. The van der Waals surface area contributed by atoms with E-state index < -0.39 is 12.3 Å². The number of phenols is 2. The topological polar surface area (TPSA) is 90.8 Å². The number of amides is 2. The minimum atomic E-state index is -0.549. The summed E-state index contributed by atoms with van der Waals surface area (Å²) in [5, 5.41) is 23.5. The number of rotatable bonds is 4. The highest BCUT2D eigenvalue weighted by Gasteiger charge is 2.08. The van der Waals surface area contributed by atoms with Crippen molar-refractivity contribution < 1.29 is 19.7 Å². The molecule has 4 N–H and O–H groups in total. The first kappa shape index (κ1) is 14.5. The van der Waals surface area contributed by atoms with Crippen molar-refractivity contribution in [3.63, 3.8) is 0 Å². The molecule has 0 aliphatic heterocycles. The second-order valence-electron chi connectivity index (χ2n) is 4.40. The van der Waals surface area contributed by atoms with Gasteiger partial charge in [0.2, 0.25) is 0 Å². The van der Waals surface area contributed by atoms with Gasteiger partial charge in [-0.3, -0.25) is 0 Å². The number of urea groups is 1. The number of aromatic hydroxyl groups is 2. The number of hydrogen-bond donors (Lipinski definition) is 4. The molecule has 1 atom stereocenters. The second kappa shape index (κ2) is 6.51. The Morgan fingerprint density at radius 1 is 1.00 bits per heavy atom. The van der Waals surface area contributed by atoms with Crippen LogP contribution in [0.4, 0.5) is 10.5 Å². The van der Waals surface area contributed by atoms with Crippen molar-refractivity contribution in [1.29, 1.82) is 0 Å². The lowest BCUT2D eigenvalue weighted by atomic mass is 10.3. The van der Waals surface area contributed by atoms with Crippen LogP contribution in [0.25, 0.3) is 0 Å². The summed E-state index contributed by atoms with van der Waals surface area (Å²) in [5.41, 5.74) is 0.558. The molecular weight excluding hydrogens is 272 g/mol. The van der Waals surface area contributed by atoms with Gasteiger partial charge in [0.05, 0.1) is 0 Å². The molecule has 0 spiro atoms. The number of carbonyl (C=O) groups is 1. The van der Waals surface area contributed by atoms with Crippen molar-refractivity contribution in [1.82, 2.24) is 5.32 Å². The van der Waals surface area contributed by atoms with E-state index in [2.05, 4.69) is 10.6 Å². The van der Waals surface area contributed by atoms with E-state index in [9.17, 15) is 4.79 Å². The van der Waals surface area contributed by atoms with Gasteiger partial charge in [-0.25, -0.2) is 4.79 Å². The fourth-order valence-electron chi connectivity index (χ4n) is 1.65. The van der Waals surface area contributed by atoms with Gasteiger partial charge in [0.15, 0.2) is 6.23 Å². The van der Waals surface area contributed by atoms with Crippen LogP contribution in [-0.4, -0.2) is 22.5 Å². The molecule has 2 aromatic carbocycles. The first-order valence-corrected chi connectivity index (χ1v) is 6.35. The van der Waals surface area contributed by atoms with Crippen LogP contribution < -0.4 is 15.4 Å². The van der Waals surface area contributed by atoms with Crippen LogP contribution in [0, 0.1) is 0 Å². The lowest BCUT2D eigenvalue weighted by Crippen LogP contribution is -2.39. The van der Waals surface area contributed by atoms with Crippen molar-refractivity contribution in [3.05, 3.63) is 48.5 Å². The van der Waals surface area contributed by atoms with Gasteiger partial charge in [-0.15, -0.1) is 0 Å². The molecule has 0 heterocycles. The largest absolute Gasteiger partial charge is 0.508 e. The summed E-state index contributed by atoms with van der Waals surface area (Å²) in [4.78, 5) is 11.7. The normalized spacial score (nSPS) is 11.5. The maximum atomic E-state index is 11.7. The summed E-state index contributed by atoms with van der Waals surface area (Å²) in [5.74, 6) is 0.809. The van der Waals surface area contributed by atoms with Gasteiger partial charge in [0.1, 0.15) is 17.2 Å². The molecule has 2 rings (SSSR count). The van der Waals surface area contributed by atoms with E-state index in [4.69, 9.17) is 14.9 Å². The molecule has 6 nitrogen and oxygen atoms in total. The molecule has 0 saturated heterocycles. The standard InChI is InChI=1S/C15H16N2O4/c1-10(21-14-8-6-13(19)7-9-14)16-15(20)17-11-2-4-12(18)5-3-11/h2-10,18-19H,1H3,(H2,16,17,20). The van der Waals surface area contributed by atoms with Gasteiger partial charge >= 0.3 is 6.03 Å². The number of anilines is 1. The quantitative estimate of drug-likeness (QED) is 0.514. The average Bonchev–Trinajstić information content (AvgIpc) is 2.44. The fraction of sp³-hybridized carbons (Fsp3) is 0.133. The minimum Gasteiger partial charge on any atom is -0.508 e. The van der Waals surface area contributed by atoms with Crippen LogP contribution in [0.1, 0.15) is 6.92 Å². The Bertz CT molecular complexity index is 596. The van der Waals surface area contributed by atoms with Crippen molar-refractivity contribution in [2.75, 3.05) is 5.32 Å². The smallest absolute Gasteiger partial charge is 0.322 e. The number of hydrogen-bond acceptors (Lipinski definition) is 4. The Hall–Kier alpha value is -2.89. The van der Waals surface area contributed by atoms with Crippen LogP contribution in [-0.2, 0) is 0 Å². The molecule has 6 heteroatoms. The molecule has 1 unspecified atom stereocenters. The maximum Gasteiger partial charge on any atom is 0.322 e. The highest BCUT2D eigenvalue weighted by Crippen LogP contribution is 2.17. The van der Waals surface area contributed by atoms with Crippen LogP contribution in [0.5, 0.6) is 17.2 Å². The molecule has 2 amide bonds. The third-order valence-corrected chi connectivity index (χ3v) is 2.61. The number of phenolic OH excluding ortho intramolecular Hbond substituents is 2. The molecule has 0 aliphatic rings. The van der Waals surface area contributed by atoms with Crippen molar-refractivity contribution in [2.45, 2.75) is 13.2 Å². The maximum absolute atomic E-state index is 11.7. The molecule has 0 aromatic heterocycles. The third-order valence-electron chi connectivity index (χ3n) is 2.61. The molecular formula is C15H16N2O4. The molecule has 0 saturated carbocycles. The number of carbonyl (C=O) groups excluding carboxylic acids is 1. The van der Waals surface area contributed by atoms with Crippen LogP contribution in [0.3, 0.4) is 0 Å². The Kier molecular flexibility index (Phi) is 4.50. The zero-order valence-electron chi connectivity index (χ0n) is 11.4. The molecule has 0 bridgehead atoms. The summed E-state index contributed by atoms with van der Waals surface area (Å²) < 4.78 is 5.47. The summed E-state index contributed by atoms with van der Waals surface area (Å²) in [7, 11) is 0.